The number of amides is 3. The highest BCUT2D eigenvalue weighted by Crippen LogP contribution is 2.34. The summed E-state index contributed by atoms with van der Waals surface area (Å²) in [4.78, 5) is 37.7. The molecule has 0 aromatic heterocycles. The van der Waals surface area contributed by atoms with Gasteiger partial charge in [-0.25, -0.2) is 0 Å². The second-order valence-corrected chi connectivity index (χ2v) is 10.3. The molecule has 1 saturated heterocycles. The molecule has 6 nitrogen and oxygen atoms in total. The molecule has 174 valence electrons. The zero-order chi connectivity index (χ0) is 23.3. The van der Waals surface area contributed by atoms with Crippen LogP contribution in [0.1, 0.15) is 68.3 Å². The Balaban J connectivity index is 1.48. The molecule has 3 atom stereocenters. The van der Waals surface area contributed by atoms with Crippen LogP contribution in [0.15, 0.2) is 35.5 Å². The van der Waals surface area contributed by atoms with Gasteiger partial charge in [0.2, 0.25) is 5.91 Å². The fraction of sp³-hybridized carbons (Fsp3) is 0.560. The van der Waals surface area contributed by atoms with Crippen LogP contribution in [0.3, 0.4) is 0 Å². The van der Waals surface area contributed by atoms with Crippen LogP contribution < -0.4 is 5.32 Å². The van der Waals surface area contributed by atoms with E-state index in [2.05, 4.69) is 5.32 Å². The topological polar surface area (TPSA) is 75.7 Å². The van der Waals surface area contributed by atoms with Crippen molar-refractivity contribution in [3.8, 4) is 0 Å². The van der Waals surface area contributed by atoms with Crippen molar-refractivity contribution >= 4 is 28.8 Å². The summed E-state index contributed by atoms with van der Waals surface area (Å²) < 4.78 is 6.22. The summed E-state index contributed by atoms with van der Waals surface area (Å²) in [5.41, 5.74) is 3.54. The van der Waals surface area contributed by atoms with Crippen molar-refractivity contribution in [2.45, 2.75) is 70.7 Å². The zero-order valence-corrected chi connectivity index (χ0v) is 20.3. The summed E-state index contributed by atoms with van der Waals surface area (Å²) in [6.45, 7) is 6.31. The standard InChI is InChI=1S/C25H34N2O4S/c1-16(2)21(26-23(28)19-9-5-7-17(3)13-19)15-31-20-10-6-8-18(14-20)11-12-22-24(29)27(4)25(30)32-22/h5,7,9,13,18,20,22H,6,8,10-12,14-15H2,1-4H3,(H,26,28). The van der Waals surface area contributed by atoms with Crippen LogP contribution in [0.4, 0.5) is 4.79 Å². The maximum absolute atomic E-state index is 12.6. The zero-order valence-electron chi connectivity index (χ0n) is 19.5. The van der Waals surface area contributed by atoms with Crippen molar-refractivity contribution < 1.29 is 19.1 Å². The van der Waals surface area contributed by atoms with Crippen molar-refractivity contribution in [3.05, 3.63) is 46.7 Å². The van der Waals surface area contributed by atoms with Gasteiger partial charge in [-0.2, -0.15) is 0 Å². The number of allylic oxidation sites excluding steroid dienone is 1. The number of thioether (sulfide) groups is 1. The lowest BCUT2D eigenvalue weighted by Gasteiger charge is -2.30. The van der Waals surface area contributed by atoms with Crippen LogP contribution in [-0.2, 0) is 9.53 Å². The number of rotatable bonds is 8. The van der Waals surface area contributed by atoms with E-state index < -0.39 is 0 Å². The molecule has 0 bridgehead atoms. The molecular weight excluding hydrogens is 424 g/mol. The molecule has 2 fully saturated rings. The minimum Gasteiger partial charge on any atom is -0.372 e. The van der Waals surface area contributed by atoms with Crippen LogP contribution in [0.5, 0.6) is 0 Å². The van der Waals surface area contributed by atoms with Crippen molar-refractivity contribution in [3.63, 3.8) is 0 Å². The van der Waals surface area contributed by atoms with E-state index in [1.54, 1.807) is 7.05 Å². The van der Waals surface area contributed by atoms with Crippen molar-refractivity contribution in [1.29, 1.82) is 0 Å². The molecule has 1 aliphatic carbocycles. The van der Waals surface area contributed by atoms with E-state index in [-0.39, 0.29) is 28.4 Å². The summed E-state index contributed by atoms with van der Waals surface area (Å²) in [5.74, 6) is 0.314. The number of benzene rings is 1. The summed E-state index contributed by atoms with van der Waals surface area (Å²) >= 11 is 1.15. The number of ether oxygens (including phenoxy) is 1. The Labute approximate surface area is 195 Å². The third kappa shape index (κ3) is 6.45. The number of hydrogen-bond donors (Lipinski definition) is 1. The monoisotopic (exact) mass is 458 g/mol. The largest absolute Gasteiger partial charge is 0.372 e. The number of imide groups is 1. The first-order valence-corrected chi connectivity index (χ1v) is 12.3. The number of carbonyl (C=O) groups excluding carboxylic acids is 3. The second kappa shape index (κ2) is 11.1. The predicted octanol–water partition coefficient (Wildman–Crippen LogP) is 5.07. The first-order chi connectivity index (χ1) is 15.2. The van der Waals surface area contributed by atoms with Gasteiger partial charge in [-0.15, -0.1) is 0 Å². The van der Waals surface area contributed by atoms with Crippen LogP contribution in [0.2, 0.25) is 0 Å². The Morgan fingerprint density at radius 3 is 2.66 bits per heavy atom. The first-order valence-electron chi connectivity index (χ1n) is 11.4. The second-order valence-electron chi connectivity index (χ2n) is 9.11. The lowest BCUT2D eigenvalue weighted by Crippen LogP contribution is -2.30. The summed E-state index contributed by atoms with van der Waals surface area (Å²) in [7, 11) is 1.56. The lowest BCUT2D eigenvalue weighted by atomic mass is 9.84. The predicted molar refractivity (Wildman–Crippen MR) is 127 cm³/mol. The Morgan fingerprint density at radius 2 is 2.00 bits per heavy atom. The number of aryl methyl sites for hydroxylation is 1. The molecule has 1 N–H and O–H groups in total. The number of nitrogens with one attached hydrogen (secondary N) is 1. The third-order valence-electron chi connectivity index (χ3n) is 6.31. The van der Waals surface area contributed by atoms with Gasteiger partial charge in [-0.1, -0.05) is 47.9 Å². The first kappa shape index (κ1) is 24.5. The van der Waals surface area contributed by atoms with Gasteiger partial charge in [0, 0.05) is 18.3 Å². The fourth-order valence-electron chi connectivity index (χ4n) is 4.28. The minimum atomic E-state index is -0.233. The van der Waals surface area contributed by atoms with Gasteiger partial charge < -0.3 is 10.1 Å². The maximum atomic E-state index is 12.6. The minimum absolute atomic E-state index is 0.0684. The molecule has 3 amide bonds. The average molecular weight is 459 g/mol. The van der Waals surface area contributed by atoms with Crippen LogP contribution in [0, 0.1) is 12.8 Å². The molecule has 0 radical (unpaired) electrons. The van der Waals surface area contributed by atoms with Crippen LogP contribution in [0.25, 0.3) is 0 Å². The van der Waals surface area contributed by atoms with Gasteiger partial charge in [0.15, 0.2) is 0 Å². The van der Waals surface area contributed by atoms with Crippen molar-refractivity contribution in [1.82, 2.24) is 10.2 Å². The lowest BCUT2D eigenvalue weighted by molar-refractivity contribution is -0.125. The Bertz CT molecular complexity index is 894. The molecule has 1 saturated carbocycles. The highest BCUT2D eigenvalue weighted by molar-refractivity contribution is 8.15. The number of nitrogens with zero attached hydrogens (tertiary/aromatic N) is 1. The Morgan fingerprint density at radius 1 is 1.22 bits per heavy atom. The Kier molecular flexibility index (Phi) is 8.54. The van der Waals surface area contributed by atoms with Crippen LogP contribution in [-0.4, -0.2) is 47.0 Å². The van der Waals surface area contributed by atoms with Crippen molar-refractivity contribution in [2.75, 3.05) is 13.7 Å². The molecule has 1 aromatic rings. The molecule has 0 spiro atoms. The van der Waals surface area contributed by atoms with E-state index in [1.165, 1.54) is 4.90 Å². The number of hydrogen-bond acceptors (Lipinski definition) is 5. The molecule has 1 aliphatic heterocycles. The third-order valence-corrected chi connectivity index (χ3v) is 7.50. The highest BCUT2D eigenvalue weighted by atomic mass is 32.2. The van der Waals surface area contributed by atoms with Gasteiger partial charge in [0.25, 0.3) is 11.1 Å². The van der Waals surface area contributed by atoms with Crippen LogP contribution >= 0.6 is 11.8 Å². The molecule has 1 aromatic carbocycles. The van der Waals surface area contributed by atoms with E-state index in [0.29, 0.717) is 18.1 Å². The number of carbonyl (C=O) groups is 3. The molecular formula is C25H34N2O4S. The van der Waals surface area contributed by atoms with E-state index >= 15 is 0 Å². The van der Waals surface area contributed by atoms with Gasteiger partial charge >= 0.3 is 0 Å². The van der Waals surface area contributed by atoms with Crippen molar-refractivity contribution in [2.24, 2.45) is 5.92 Å². The average Bonchev–Trinajstić information content (AvgIpc) is 3.01. The fourth-order valence-corrected chi connectivity index (χ4v) is 5.29. The van der Waals surface area contributed by atoms with Gasteiger partial charge in [-0.3, -0.25) is 19.3 Å². The molecule has 7 heteroatoms. The molecule has 3 unspecified atom stereocenters. The van der Waals surface area contributed by atoms with Gasteiger partial charge in [0.05, 0.1) is 18.0 Å². The smallest absolute Gasteiger partial charge is 0.288 e. The van der Waals surface area contributed by atoms with E-state index in [9.17, 15) is 14.4 Å². The van der Waals surface area contributed by atoms with Gasteiger partial charge in [-0.05, 0) is 64.5 Å². The summed E-state index contributed by atoms with van der Waals surface area (Å²) in [6, 6.07) is 7.55. The van der Waals surface area contributed by atoms with E-state index in [0.717, 1.165) is 67.1 Å². The van der Waals surface area contributed by atoms with Gasteiger partial charge in [0.1, 0.15) is 0 Å². The van der Waals surface area contributed by atoms with E-state index in [4.69, 9.17) is 4.74 Å². The highest BCUT2D eigenvalue weighted by Gasteiger charge is 2.37. The molecule has 32 heavy (non-hydrogen) atoms. The normalized spacial score (nSPS) is 23.4. The Hall–Kier alpha value is -2.12. The molecule has 1 heterocycles. The summed E-state index contributed by atoms with van der Waals surface area (Å²) in [6.07, 6.45) is 6.02. The quantitative estimate of drug-likeness (QED) is 0.589. The summed E-state index contributed by atoms with van der Waals surface area (Å²) in [5, 5.41) is 2.65. The SMILES string of the molecule is CC(C)=C(COC1CCCC(CCC2SC(=O)N(C)C2=O)C1)NC(=O)c1cccc(C)c1. The maximum Gasteiger partial charge on any atom is 0.288 e. The molecule has 2 aliphatic rings. The molecule has 3 rings (SSSR count). The van der Waals surface area contributed by atoms with E-state index in [1.807, 2.05) is 45.0 Å².